The molecule has 1 aliphatic carbocycles. The summed E-state index contributed by atoms with van der Waals surface area (Å²) in [5.41, 5.74) is 4.68. The fourth-order valence-electron chi connectivity index (χ4n) is 4.95. The molecule has 2 heterocycles. The molecule has 0 unspecified atom stereocenters. The summed E-state index contributed by atoms with van der Waals surface area (Å²) in [7, 11) is 0. The van der Waals surface area contributed by atoms with E-state index in [2.05, 4.69) is 39.4 Å². The Morgan fingerprint density at radius 1 is 1.06 bits per heavy atom. The van der Waals surface area contributed by atoms with E-state index in [1.165, 1.54) is 11.3 Å². The predicted octanol–water partition coefficient (Wildman–Crippen LogP) is 3.44. The minimum atomic E-state index is -0.0966. The van der Waals surface area contributed by atoms with Crippen molar-refractivity contribution < 1.29 is 9.59 Å². The summed E-state index contributed by atoms with van der Waals surface area (Å²) in [6.45, 7) is 1.45. The average molecular weight is 429 g/mol. The van der Waals surface area contributed by atoms with Gasteiger partial charge < -0.3 is 10.2 Å². The monoisotopic (exact) mass is 428 g/mol. The number of nitrogens with one attached hydrogen (secondary N) is 1. The third-order valence-electron chi connectivity index (χ3n) is 6.59. The summed E-state index contributed by atoms with van der Waals surface area (Å²) in [5.74, 6) is 0.115. The molecule has 0 bridgehead atoms. The van der Waals surface area contributed by atoms with Gasteiger partial charge in [0.1, 0.15) is 0 Å². The van der Waals surface area contributed by atoms with Gasteiger partial charge in [-0.3, -0.25) is 14.3 Å². The van der Waals surface area contributed by atoms with Crippen molar-refractivity contribution in [3.63, 3.8) is 0 Å². The number of hydrogen-bond acceptors (Lipinski definition) is 3. The minimum absolute atomic E-state index is 0.0431. The van der Waals surface area contributed by atoms with Gasteiger partial charge >= 0.3 is 0 Å². The molecule has 0 radical (unpaired) electrons. The number of benzene rings is 2. The van der Waals surface area contributed by atoms with Crippen LogP contribution in [-0.4, -0.2) is 39.6 Å². The maximum absolute atomic E-state index is 12.8. The van der Waals surface area contributed by atoms with Crippen LogP contribution in [0, 0.1) is 0 Å². The molecule has 1 aromatic heterocycles. The van der Waals surface area contributed by atoms with Crippen molar-refractivity contribution in [2.75, 3.05) is 13.1 Å². The number of hydrogen-bond donors (Lipinski definition) is 1. The molecule has 1 fully saturated rings. The van der Waals surface area contributed by atoms with E-state index in [0.717, 1.165) is 36.9 Å². The topological polar surface area (TPSA) is 67.2 Å². The van der Waals surface area contributed by atoms with E-state index in [9.17, 15) is 9.59 Å². The smallest absolute Gasteiger partial charge is 0.240 e. The maximum atomic E-state index is 12.8. The highest BCUT2D eigenvalue weighted by atomic mass is 16.2. The molecule has 0 spiro atoms. The Hall–Kier alpha value is -3.41. The number of nitrogens with zero attached hydrogens (tertiary/aromatic N) is 3. The highest BCUT2D eigenvalue weighted by Crippen LogP contribution is 2.31. The van der Waals surface area contributed by atoms with Crippen LogP contribution in [0.4, 0.5) is 0 Å². The normalized spacial score (nSPS) is 20.2. The van der Waals surface area contributed by atoms with Crippen molar-refractivity contribution >= 4 is 11.8 Å². The molecule has 2 amide bonds. The highest BCUT2D eigenvalue weighted by molar-refractivity contribution is 5.86. The number of likely N-dealkylation sites (tertiary alicyclic amines) is 1. The first-order valence-electron chi connectivity index (χ1n) is 11.4. The van der Waals surface area contributed by atoms with Crippen LogP contribution in [0.15, 0.2) is 66.9 Å². The van der Waals surface area contributed by atoms with E-state index < -0.39 is 0 Å². The molecule has 32 heavy (non-hydrogen) atoms. The Bertz CT molecular complexity index is 1090. The van der Waals surface area contributed by atoms with Gasteiger partial charge in [-0.2, -0.15) is 5.10 Å². The zero-order valence-electron chi connectivity index (χ0n) is 18.1. The second-order valence-electron chi connectivity index (χ2n) is 8.79. The number of amides is 2. The van der Waals surface area contributed by atoms with Crippen molar-refractivity contribution in [2.24, 2.45) is 0 Å². The Balaban J connectivity index is 1.22. The molecule has 1 aliphatic heterocycles. The SMILES string of the molecule is O=C(CN1C[C@@H](c2ccccc2)CC1=O)N[C@@H]1CCCc2c1cnn2Cc1ccccc1. The lowest BCUT2D eigenvalue weighted by Crippen LogP contribution is -2.40. The van der Waals surface area contributed by atoms with Crippen molar-refractivity contribution in [1.29, 1.82) is 0 Å². The molecule has 5 rings (SSSR count). The van der Waals surface area contributed by atoms with E-state index in [4.69, 9.17) is 0 Å². The molecule has 0 saturated carbocycles. The van der Waals surface area contributed by atoms with Gasteiger partial charge in [0.2, 0.25) is 11.8 Å². The third kappa shape index (κ3) is 4.31. The molecule has 1 saturated heterocycles. The highest BCUT2D eigenvalue weighted by Gasteiger charge is 2.32. The minimum Gasteiger partial charge on any atom is -0.348 e. The van der Waals surface area contributed by atoms with Crippen LogP contribution < -0.4 is 5.32 Å². The first-order valence-corrected chi connectivity index (χ1v) is 11.4. The Labute approximate surface area is 188 Å². The first kappa shape index (κ1) is 20.5. The number of carbonyl (C=O) groups is 2. The molecule has 6 heteroatoms. The summed E-state index contributed by atoms with van der Waals surface area (Å²) in [5, 5.41) is 7.78. The zero-order chi connectivity index (χ0) is 21.9. The molecule has 1 N–H and O–H groups in total. The summed E-state index contributed by atoms with van der Waals surface area (Å²) in [6, 6.07) is 20.3. The van der Waals surface area contributed by atoms with Crippen LogP contribution in [0.3, 0.4) is 0 Å². The molecule has 2 atom stereocenters. The zero-order valence-corrected chi connectivity index (χ0v) is 18.1. The van der Waals surface area contributed by atoms with Crippen molar-refractivity contribution in [3.8, 4) is 0 Å². The predicted molar refractivity (Wildman–Crippen MR) is 122 cm³/mol. The summed E-state index contributed by atoms with van der Waals surface area (Å²) < 4.78 is 2.05. The second kappa shape index (κ2) is 8.99. The van der Waals surface area contributed by atoms with Crippen LogP contribution in [0.5, 0.6) is 0 Å². The van der Waals surface area contributed by atoms with E-state index in [0.29, 0.717) is 13.0 Å². The lowest BCUT2D eigenvalue weighted by molar-refractivity contribution is -0.133. The van der Waals surface area contributed by atoms with Crippen molar-refractivity contribution in [3.05, 3.63) is 89.2 Å². The largest absolute Gasteiger partial charge is 0.348 e. The Morgan fingerprint density at radius 2 is 1.81 bits per heavy atom. The van der Waals surface area contributed by atoms with Crippen LogP contribution >= 0.6 is 0 Å². The van der Waals surface area contributed by atoms with E-state index >= 15 is 0 Å². The summed E-state index contributed by atoms with van der Waals surface area (Å²) in [6.07, 6.45) is 5.25. The van der Waals surface area contributed by atoms with Crippen LogP contribution in [0.1, 0.15) is 53.6 Å². The van der Waals surface area contributed by atoms with Gasteiger partial charge in [-0.05, 0) is 30.4 Å². The molecule has 2 aliphatic rings. The number of fused-ring (bicyclic) bond motifs is 1. The van der Waals surface area contributed by atoms with E-state index in [1.807, 2.05) is 42.6 Å². The Morgan fingerprint density at radius 3 is 2.59 bits per heavy atom. The van der Waals surface area contributed by atoms with Gasteiger partial charge in [-0.15, -0.1) is 0 Å². The van der Waals surface area contributed by atoms with Crippen molar-refractivity contribution in [2.45, 2.75) is 44.2 Å². The lowest BCUT2D eigenvalue weighted by atomic mass is 9.93. The molecule has 3 aromatic rings. The van der Waals surface area contributed by atoms with Gasteiger partial charge in [-0.25, -0.2) is 0 Å². The lowest BCUT2D eigenvalue weighted by Gasteiger charge is -2.25. The van der Waals surface area contributed by atoms with Gasteiger partial charge in [0.15, 0.2) is 0 Å². The second-order valence-corrected chi connectivity index (χ2v) is 8.79. The number of aromatic nitrogens is 2. The molecule has 164 valence electrons. The molecular formula is C26H28N4O2. The standard InChI is InChI=1S/C26H28N4O2/c31-25(18-29-17-21(14-26(29)32)20-10-5-2-6-11-20)28-23-12-7-13-24-22(23)15-27-30(24)16-19-8-3-1-4-9-19/h1-6,8-11,15,21,23H,7,12-14,16-18H2,(H,28,31)/t21-,23+/m0/s1. The molecule has 2 aromatic carbocycles. The first-order chi connectivity index (χ1) is 15.7. The van der Waals surface area contributed by atoms with Gasteiger partial charge in [0.05, 0.1) is 25.3 Å². The van der Waals surface area contributed by atoms with Crippen LogP contribution in [-0.2, 0) is 22.6 Å². The van der Waals surface area contributed by atoms with Gasteiger partial charge in [0.25, 0.3) is 0 Å². The van der Waals surface area contributed by atoms with Gasteiger partial charge in [-0.1, -0.05) is 60.7 Å². The van der Waals surface area contributed by atoms with Crippen molar-refractivity contribution in [1.82, 2.24) is 20.0 Å². The summed E-state index contributed by atoms with van der Waals surface area (Å²) in [4.78, 5) is 27.0. The van der Waals surface area contributed by atoms with Crippen LogP contribution in [0.2, 0.25) is 0 Å². The third-order valence-corrected chi connectivity index (χ3v) is 6.59. The Kier molecular flexibility index (Phi) is 5.75. The number of carbonyl (C=O) groups excluding carboxylic acids is 2. The van der Waals surface area contributed by atoms with E-state index in [-0.39, 0.29) is 30.3 Å². The molecular weight excluding hydrogens is 400 g/mol. The van der Waals surface area contributed by atoms with E-state index in [1.54, 1.807) is 4.90 Å². The maximum Gasteiger partial charge on any atom is 0.240 e. The number of rotatable bonds is 6. The fraction of sp³-hybridized carbons (Fsp3) is 0.346. The fourth-order valence-corrected chi connectivity index (χ4v) is 4.95. The summed E-state index contributed by atoms with van der Waals surface area (Å²) >= 11 is 0. The average Bonchev–Trinajstić information content (AvgIpc) is 3.39. The molecule has 6 nitrogen and oxygen atoms in total. The quantitative estimate of drug-likeness (QED) is 0.654. The van der Waals surface area contributed by atoms with Crippen LogP contribution in [0.25, 0.3) is 0 Å². The van der Waals surface area contributed by atoms with Gasteiger partial charge in [0, 0.05) is 30.1 Å².